The number of para-hydroxylation sites is 1. The molecule has 1 fully saturated rings. The normalized spacial score (nSPS) is 17.0. The highest BCUT2D eigenvalue weighted by atomic mass is 16.2. The van der Waals surface area contributed by atoms with Gasteiger partial charge in [-0.3, -0.25) is 14.4 Å². The van der Waals surface area contributed by atoms with Crippen molar-refractivity contribution in [3.8, 4) is 0 Å². The predicted octanol–water partition coefficient (Wildman–Crippen LogP) is 1.63. The number of rotatable bonds is 7. The average Bonchev–Trinajstić information content (AvgIpc) is 2.95. The van der Waals surface area contributed by atoms with Crippen LogP contribution in [0.4, 0.5) is 5.69 Å². The number of anilines is 1. The van der Waals surface area contributed by atoms with Crippen molar-refractivity contribution in [1.82, 2.24) is 10.6 Å². The van der Waals surface area contributed by atoms with E-state index in [2.05, 4.69) is 10.6 Å². The Morgan fingerprint density at radius 2 is 2.00 bits per heavy atom. The van der Waals surface area contributed by atoms with Crippen molar-refractivity contribution in [2.45, 2.75) is 46.1 Å². The number of hydrogen-bond donors (Lipinski definition) is 2. The fourth-order valence-corrected chi connectivity index (χ4v) is 3.03. The van der Waals surface area contributed by atoms with Gasteiger partial charge in [-0.15, -0.1) is 0 Å². The Labute approximate surface area is 149 Å². The van der Waals surface area contributed by atoms with E-state index in [4.69, 9.17) is 0 Å². The Hall–Kier alpha value is -2.37. The van der Waals surface area contributed by atoms with Gasteiger partial charge in [-0.2, -0.15) is 0 Å². The third-order valence-corrected chi connectivity index (χ3v) is 4.26. The molecule has 2 rings (SSSR count). The van der Waals surface area contributed by atoms with Crippen LogP contribution in [0.1, 0.15) is 39.2 Å². The van der Waals surface area contributed by atoms with Crippen molar-refractivity contribution >= 4 is 23.4 Å². The largest absolute Gasteiger partial charge is 0.355 e. The Balaban J connectivity index is 1.89. The van der Waals surface area contributed by atoms with Gasteiger partial charge in [-0.05, 0) is 31.9 Å². The average molecular weight is 345 g/mol. The Kier molecular flexibility index (Phi) is 6.56. The smallest absolute Gasteiger partial charge is 0.227 e. The second-order valence-electron chi connectivity index (χ2n) is 6.65. The van der Waals surface area contributed by atoms with Crippen LogP contribution in [0.5, 0.6) is 0 Å². The minimum Gasteiger partial charge on any atom is -0.355 e. The summed E-state index contributed by atoms with van der Waals surface area (Å²) in [6.07, 6.45) is 1.29. The van der Waals surface area contributed by atoms with Crippen LogP contribution in [0, 0.1) is 5.92 Å². The number of nitrogens with zero attached hydrogens (tertiary/aromatic N) is 1. The molecule has 1 unspecified atom stereocenters. The first-order chi connectivity index (χ1) is 11.9. The lowest BCUT2D eigenvalue weighted by molar-refractivity contribution is -0.126. The van der Waals surface area contributed by atoms with E-state index in [1.165, 1.54) is 0 Å². The van der Waals surface area contributed by atoms with Crippen molar-refractivity contribution in [3.05, 3.63) is 29.8 Å². The van der Waals surface area contributed by atoms with Crippen molar-refractivity contribution in [2.75, 3.05) is 18.0 Å². The summed E-state index contributed by atoms with van der Waals surface area (Å²) in [6.45, 7) is 6.51. The van der Waals surface area contributed by atoms with E-state index in [1.54, 1.807) is 4.90 Å². The summed E-state index contributed by atoms with van der Waals surface area (Å²) in [6, 6.07) is 7.87. The monoisotopic (exact) mass is 345 g/mol. The molecule has 0 saturated carbocycles. The molecular formula is C19H27N3O3. The van der Waals surface area contributed by atoms with Gasteiger partial charge in [-0.25, -0.2) is 0 Å². The molecule has 1 aliphatic rings. The molecule has 2 N–H and O–H groups in total. The zero-order valence-corrected chi connectivity index (χ0v) is 15.2. The van der Waals surface area contributed by atoms with E-state index in [1.807, 2.05) is 45.0 Å². The maximum absolute atomic E-state index is 12.3. The van der Waals surface area contributed by atoms with E-state index >= 15 is 0 Å². The van der Waals surface area contributed by atoms with Crippen LogP contribution in [-0.2, 0) is 20.8 Å². The van der Waals surface area contributed by atoms with Crippen LogP contribution < -0.4 is 15.5 Å². The molecule has 0 radical (unpaired) electrons. The van der Waals surface area contributed by atoms with Crippen LogP contribution in [0.15, 0.2) is 24.3 Å². The topological polar surface area (TPSA) is 78.5 Å². The van der Waals surface area contributed by atoms with Gasteiger partial charge in [0, 0.05) is 37.7 Å². The lowest BCUT2D eigenvalue weighted by Gasteiger charge is -2.20. The summed E-state index contributed by atoms with van der Waals surface area (Å²) in [5, 5.41) is 5.55. The number of amides is 3. The highest BCUT2D eigenvalue weighted by Gasteiger charge is 2.35. The maximum Gasteiger partial charge on any atom is 0.227 e. The molecule has 6 nitrogen and oxygen atoms in total. The molecule has 1 heterocycles. The zero-order chi connectivity index (χ0) is 18.4. The van der Waals surface area contributed by atoms with Gasteiger partial charge in [0.1, 0.15) is 0 Å². The van der Waals surface area contributed by atoms with Crippen LogP contribution in [0.3, 0.4) is 0 Å². The molecule has 1 aliphatic heterocycles. The first kappa shape index (κ1) is 19.0. The second-order valence-corrected chi connectivity index (χ2v) is 6.65. The number of nitrogens with one attached hydrogen (secondary N) is 2. The zero-order valence-electron chi connectivity index (χ0n) is 15.2. The predicted molar refractivity (Wildman–Crippen MR) is 97.2 cm³/mol. The Morgan fingerprint density at radius 3 is 2.68 bits per heavy atom. The van der Waals surface area contributed by atoms with E-state index in [0.717, 1.165) is 17.7 Å². The Bertz CT molecular complexity index is 643. The van der Waals surface area contributed by atoms with Gasteiger partial charge in [0.05, 0.1) is 5.92 Å². The molecule has 1 saturated heterocycles. The molecule has 25 heavy (non-hydrogen) atoms. The summed E-state index contributed by atoms with van der Waals surface area (Å²) in [7, 11) is 0. The van der Waals surface area contributed by atoms with Gasteiger partial charge < -0.3 is 15.5 Å². The standard InChI is InChI=1S/C19H27N3O3/c1-4-14-7-5-6-8-16(14)22-12-15(11-18(22)24)19(25)20-10-9-17(23)21-13(2)3/h5-8,13,15H,4,9-12H2,1-3H3,(H,20,25)(H,21,23). The molecule has 1 aromatic rings. The molecule has 0 aromatic heterocycles. The summed E-state index contributed by atoms with van der Waals surface area (Å²) in [4.78, 5) is 37.9. The van der Waals surface area contributed by atoms with Crippen molar-refractivity contribution in [1.29, 1.82) is 0 Å². The van der Waals surface area contributed by atoms with Crippen molar-refractivity contribution < 1.29 is 14.4 Å². The Morgan fingerprint density at radius 1 is 1.28 bits per heavy atom. The third kappa shape index (κ3) is 5.05. The summed E-state index contributed by atoms with van der Waals surface area (Å²) < 4.78 is 0. The number of aryl methyl sites for hydroxylation is 1. The molecule has 1 atom stereocenters. The summed E-state index contributed by atoms with van der Waals surface area (Å²) >= 11 is 0. The first-order valence-electron chi connectivity index (χ1n) is 8.87. The fraction of sp³-hybridized carbons (Fsp3) is 0.526. The molecule has 0 bridgehead atoms. The number of benzene rings is 1. The maximum atomic E-state index is 12.3. The number of carbonyl (C=O) groups excluding carboxylic acids is 3. The molecular weight excluding hydrogens is 318 g/mol. The first-order valence-corrected chi connectivity index (χ1v) is 8.87. The molecule has 0 aliphatic carbocycles. The summed E-state index contributed by atoms with van der Waals surface area (Å²) in [5.41, 5.74) is 1.99. The quantitative estimate of drug-likeness (QED) is 0.788. The lowest BCUT2D eigenvalue weighted by Crippen LogP contribution is -2.37. The van der Waals surface area contributed by atoms with Gasteiger partial charge in [0.15, 0.2) is 0 Å². The minimum atomic E-state index is -0.370. The second kappa shape index (κ2) is 8.65. The highest BCUT2D eigenvalue weighted by molar-refractivity contribution is 6.00. The van der Waals surface area contributed by atoms with Crippen molar-refractivity contribution in [3.63, 3.8) is 0 Å². The minimum absolute atomic E-state index is 0.0291. The van der Waals surface area contributed by atoms with E-state index < -0.39 is 0 Å². The lowest BCUT2D eigenvalue weighted by atomic mass is 10.1. The van der Waals surface area contributed by atoms with E-state index in [-0.39, 0.29) is 49.1 Å². The van der Waals surface area contributed by atoms with Gasteiger partial charge in [0.25, 0.3) is 0 Å². The van der Waals surface area contributed by atoms with Gasteiger partial charge in [-0.1, -0.05) is 25.1 Å². The van der Waals surface area contributed by atoms with Crippen LogP contribution in [0.2, 0.25) is 0 Å². The van der Waals surface area contributed by atoms with Gasteiger partial charge in [0.2, 0.25) is 17.7 Å². The van der Waals surface area contributed by atoms with Gasteiger partial charge >= 0.3 is 0 Å². The number of hydrogen-bond acceptors (Lipinski definition) is 3. The fourth-order valence-electron chi connectivity index (χ4n) is 3.03. The van der Waals surface area contributed by atoms with Crippen LogP contribution >= 0.6 is 0 Å². The van der Waals surface area contributed by atoms with Crippen molar-refractivity contribution in [2.24, 2.45) is 5.92 Å². The summed E-state index contributed by atoms with van der Waals surface area (Å²) in [5.74, 6) is -0.650. The molecule has 3 amide bonds. The number of carbonyl (C=O) groups is 3. The van der Waals surface area contributed by atoms with Crippen LogP contribution in [0.25, 0.3) is 0 Å². The molecule has 1 aromatic carbocycles. The van der Waals surface area contributed by atoms with Crippen LogP contribution in [-0.4, -0.2) is 36.9 Å². The SMILES string of the molecule is CCc1ccccc1N1CC(C(=O)NCCC(=O)NC(C)C)CC1=O. The highest BCUT2D eigenvalue weighted by Crippen LogP contribution is 2.28. The molecule has 6 heteroatoms. The molecule has 0 spiro atoms. The third-order valence-electron chi connectivity index (χ3n) is 4.26. The van der Waals surface area contributed by atoms with E-state index in [0.29, 0.717) is 6.54 Å². The van der Waals surface area contributed by atoms with E-state index in [9.17, 15) is 14.4 Å². The molecule has 136 valence electrons.